The van der Waals surface area contributed by atoms with E-state index >= 15 is 0 Å². The van der Waals surface area contributed by atoms with Crippen molar-refractivity contribution < 1.29 is 9.47 Å². The minimum Gasteiger partial charge on any atom is -0.497 e. The highest BCUT2D eigenvalue weighted by Crippen LogP contribution is 2.31. The van der Waals surface area contributed by atoms with Crippen molar-refractivity contribution in [3.8, 4) is 17.6 Å². The van der Waals surface area contributed by atoms with Crippen molar-refractivity contribution in [1.29, 1.82) is 5.26 Å². The number of methoxy groups -OCH3 is 1. The molecule has 1 aromatic carbocycles. The number of hydrogen-bond donors (Lipinski definition) is 1. The Bertz CT molecular complexity index is 952. The van der Waals surface area contributed by atoms with Gasteiger partial charge in [0, 0.05) is 12.6 Å². The molecular weight excluding hydrogens is 328 g/mol. The number of nitrogens with zero attached hydrogens (tertiary/aromatic N) is 3. The molecule has 0 aliphatic heterocycles. The summed E-state index contributed by atoms with van der Waals surface area (Å²) in [4.78, 5) is 0. The van der Waals surface area contributed by atoms with E-state index in [0.29, 0.717) is 23.4 Å². The quantitative estimate of drug-likeness (QED) is 0.706. The molecule has 1 aliphatic rings. The molecule has 0 amide bonds. The fourth-order valence-corrected chi connectivity index (χ4v) is 2.84. The van der Waals surface area contributed by atoms with Gasteiger partial charge in [0.1, 0.15) is 35.3 Å². The van der Waals surface area contributed by atoms with Crippen LogP contribution in [0.25, 0.3) is 5.52 Å². The second kappa shape index (κ2) is 6.96. The van der Waals surface area contributed by atoms with Crippen molar-refractivity contribution in [1.82, 2.24) is 9.61 Å². The number of rotatable bonds is 7. The van der Waals surface area contributed by atoms with E-state index in [9.17, 15) is 5.26 Å². The van der Waals surface area contributed by atoms with Crippen LogP contribution in [0.15, 0.2) is 42.7 Å². The van der Waals surface area contributed by atoms with Crippen LogP contribution in [0.1, 0.15) is 24.0 Å². The first-order chi connectivity index (χ1) is 12.8. The van der Waals surface area contributed by atoms with E-state index in [0.717, 1.165) is 29.5 Å². The lowest BCUT2D eigenvalue weighted by Gasteiger charge is -2.12. The maximum Gasteiger partial charge on any atom is 0.149 e. The first-order valence-corrected chi connectivity index (χ1v) is 8.68. The van der Waals surface area contributed by atoms with E-state index < -0.39 is 0 Å². The second-order valence-corrected chi connectivity index (χ2v) is 6.52. The summed E-state index contributed by atoms with van der Waals surface area (Å²) in [6, 6.07) is 11.9. The van der Waals surface area contributed by atoms with Crippen molar-refractivity contribution >= 4 is 11.2 Å². The third-order valence-electron chi connectivity index (χ3n) is 4.54. The van der Waals surface area contributed by atoms with Gasteiger partial charge in [-0.3, -0.25) is 0 Å². The third-order valence-corrected chi connectivity index (χ3v) is 4.54. The predicted molar refractivity (Wildman–Crippen MR) is 98.4 cm³/mol. The molecule has 1 aliphatic carbocycles. The highest BCUT2D eigenvalue weighted by Gasteiger charge is 2.21. The van der Waals surface area contributed by atoms with Crippen LogP contribution in [0.5, 0.6) is 11.5 Å². The molecule has 1 fully saturated rings. The molecule has 1 saturated carbocycles. The summed E-state index contributed by atoms with van der Waals surface area (Å²) in [5.41, 5.74) is 3.17. The van der Waals surface area contributed by atoms with E-state index in [1.165, 1.54) is 12.8 Å². The number of pyridine rings is 1. The Hall–Kier alpha value is -3.20. The summed E-state index contributed by atoms with van der Waals surface area (Å²) in [5, 5.41) is 17.1. The van der Waals surface area contributed by atoms with Gasteiger partial charge in [0.25, 0.3) is 0 Å². The molecule has 1 N–H and O–H groups in total. The Morgan fingerprint density at radius 2 is 2.12 bits per heavy atom. The minimum absolute atomic E-state index is 0.405. The highest BCUT2D eigenvalue weighted by molar-refractivity contribution is 5.72. The Morgan fingerprint density at radius 1 is 1.31 bits per heavy atom. The predicted octanol–water partition coefficient (Wildman–Crippen LogP) is 3.62. The van der Waals surface area contributed by atoms with Crippen LogP contribution in [0, 0.1) is 17.2 Å². The van der Waals surface area contributed by atoms with E-state index in [4.69, 9.17) is 9.47 Å². The summed E-state index contributed by atoms with van der Waals surface area (Å²) in [5.74, 6) is 2.22. The fourth-order valence-electron chi connectivity index (χ4n) is 2.84. The van der Waals surface area contributed by atoms with Crippen LogP contribution in [0.3, 0.4) is 0 Å². The van der Waals surface area contributed by atoms with Crippen molar-refractivity contribution in [2.75, 3.05) is 19.0 Å². The molecule has 6 heteroatoms. The molecule has 132 valence electrons. The summed E-state index contributed by atoms with van der Waals surface area (Å²) in [6.45, 7) is 1.36. The summed E-state index contributed by atoms with van der Waals surface area (Å²) >= 11 is 0. The lowest BCUT2D eigenvalue weighted by Crippen LogP contribution is -2.06. The molecule has 2 heterocycles. The average Bonchev–Trinajstić information content (AvgIpc) is 3.42. The minimum atomic E-state index is 0.405. The van der Waals surface area contributed by atoms with Crippen molar-refractivity contribution in [3.63, 3.8) is 0 Å². The zero-order valence-corrected chi connectivity index (χ0v) is 14.6. The first kappa shape index (κ1) is 16.3. The molecule has 2 aromatic heterocycles. The molecular formula is C20H20N4O2. The largest absolute Gasteiger partial charge is 0.497 e. The van der Waals surface area contributed by atoms with Crippen molar-refractivity contribution in [3.05, 3.63) is 53.9 Å². The Labute approximate surface area is 152 Å². The van der Waals surface area contributed by atoms with Gasteiger partial charge >= 0.3 is 0 Å². The molecule has 0 spiro atoms. The van der Waals surface area contributed by atoms with Gasteiger partial charge in [-0.1, -0.05) is 12.1 Å². The molecule has 0 atom stereocenters. The van der Waals surface area contributed by atoms with Crippen molar-refractivity contribution in [2.45, 2.75) is 19.4 Å². The van der Waals surface area contributed by atoms with E-state index in [-0.39, 0.29) is 0 Å². The van der Waals surface area contributed by atoms with Gasteiger partial charge in [0.2, 0.25) is 0 Å². The van der Waals surface area contributed by atoms with Crippen LogP contribution < -0.4 is 14.8 Å². The molecule has 4 rings (SSSR count). The second-order valence-electron chi connectivity index (χ2n) is 6.52. The molecule has 0 radical (unpaired) electrons. The lowest BCUT2D eigenvalue weighted by molar-refractivity contribution is 0.308. The van der Waals surface area contributed by atoms with Gasteiger partial charge in [0.05, 0.1) is 25.2 Å². The molecule has 0 bridgehead atoms. The average molecular weight is 348 g/mol. The zero-order valence-electron chi connectivity index (χ0n) is 14.6. The number of anilines is 1. The standard InChI is InChI=1S/C20H20N4O2/c1-25-18-6-4-15(5-7-18)13-26-19-8-17(22-10-14-2-3-14)12-24-20(19)16(9-21)11-23-24/h4-8,11-12,14,22H,2-3,10,13H2,1H3. The zero-order chi connectivity index (χ0) is 17.9. The maximum absolute atomic E-state index is 9.36. The Balaban J connectivity index is 1.59. The van der Waals surface area contributed by atoms with Crippen LogP contribution in [0.4, 0.5) is 5.69 Å². The lowest BCUT2D eigenvalue weighted by atomic mass is 10.2. The monoisotopic (exact) mass is 348 g/mol. The number of nitriles is 1. The van der Waals surface area contributed by atoms with Gasteiger partial charge in [-0.2, -0.15) is 10.4 Å². The molecule has 0 unspecified atom stereocenters. The van der Waals surface area contributed by atoms with Crippen LogP contribution in [-0.4, -0.2) is 23.3 Å². The number of benzene rings is 1. The third kappa shape index (κ3) is 3.42. The van der Waals surface area contributed by atoms with Gasteiger partial charge in [-0.15, -0.1) is 0 Å². The van der Waals surface area contributed by atoms with Gasteiger partial charge < -0.3 is 14.8 Å². The summed E-state index contributed by atoms with van der Waals surface area (Å²) in [6.07, 6.45) is 6.05. The topological polar surface area (TPSA) is 71.6 Å². The smallest absolute Gasteiger partial charge is 0.149 e. The number of fused-ring (bicyclic) bond motifs is 1. The summed E-state index contributed by atoms with van der Waals surface area (Å²) in [7, 11) is 1.64. The normalized spacial score (nSPS) is 13.4. The first-order valence-electron chi connectivity index (χ1n) is 8.68. The highest BCUT2D eigenvalue weighted by atomic mass is 16.5. The number of hydrogen-bond acceptors (Lipinski definition) is 5. The molecule has 26 heavy (non-hydrogen) atoms. The van der Waals surface area contributed by atoms with Gasteiger partial charge in [-0.05, 0) is 36.5 Å². The molecule has 0 saturated heterocycles. The van der Waals surface area contributed by atoms with Crippen molar-refractivity contribution in [2.24, 2.45) is 5.92 Å². The maximum atomic E-state index is 9.36. The van der Waals surface area contributed by atoms with Crippen LogP contribution in [0.2, 0.25) is 0 Å². The Kier molecular flexibility index (Phi) is 4.36. The van der Waals surface area contributed by atoms with Gasteiger partial charge in [-0.25, -0.2) is 4.52 Å². The van der Waals surface area contributed by atoms with Crippen LogP contribution >= 0.6 is 0 Å². The Morgan fingerprint density at radius 3 is 2.81 bits per heavy atom. The van der Waals surface area contributed by atoms with E-state index in [1.807, 2.05) is 36.5 Å². The number of ether oxygens (including phenoxy) is 2. The SMILES string of the molecule is COc1ccc(COc2cc(NCC3CC3)cn3ncc(C#N)c23)cc1. The van der Waals surface area contributed by atoms with Crippen LogP contribution in [-0.2, 0) is 6.61 Å². The number of aromatic nitrogens is 2. The molecule has 6 nitrogen and oxygen atoms in total. The number of nitrogens with one attached hydrogen (secondary N) is 1. The van der Waals surface area contributed by atoms with Gasteiger partial charge in [0.15, 0.2) is 0 Å². The van der Waals surface area contributed by atoms with E-state index in [1.54, 1.807) is 17.8 Å². The molecule has 3 aromatic rings. The van der Waals surface area contributed by atoms with E-state index in [2.05, 4.69) is 16.5 Å². The summed E-state index contributed by atoms with van der Waals surface area (Å²) < 4.78 is 12.9. The fraction of sp³-hybridized carbons (Fsp3) is 0.300.